The summed E-state index contributed by atoms with van der Waals surface area (Å²) in [4.78, 5) is 23.9. The van der Waals surface area contributed by atoms with E-state index in [-0.39, 0.29) is 18.5 Å². The van der Waals surface area contributed by atoms with Crippen molar-refractivity contribution in [2.75, 3.05) is 24.2 Å². The minimum absolute atomic E-state index is 0.105. The summed E-state index contributed by atoms with van der Waals surface area (Å²) in [5.74, 6) is -0.826. The number of anilines is 1. The molecule has 1 aliphatic rings. The number of carbonyl (C=O) groups is 2. The van der Waals surface area contributed by atoms with Crippen LogP contribution in [0.2, 0.25) is 0 Å². The molecule has 0 atom stereocenters. The molecule has 0 radical (unpaired) electrons. The molecular weight excluding hydrogens is 356 g/mol. The van der Waals surface area contributed by atoms with Crippen LogP contribution in [-0.4, -0.2) is 46.2 Å². The van der Waals surface area contributed by atoms with Crippen LogP contribution in [0.5, 0.6) is 0 Å². The van der Waals surface area contributed by atoms with Gasteiger partial charge in [-0.2, -0.15) is 0 Å². The molecule has 8 heteroatoms. The Hall–Kier alpha value is -2.09. The molecule has 144 valence electrons. The monoisotopic (exact) mass is 382 g/mol. The van der Waals surface area contributed by atoms with E-state index in [1.807, 2.05) is 0 Å². The molecule has 0 saturated heterocycles. The molecule has 2 rings (SSSR count). The van der Waals surface area contributed by atoms with E-state index in [2.05, 4.69) is 10.1 Å². The number of hydrogen-bond acceptors (Lipinski definition) is 5. The van der Waals surface area contributed by atoms with Crippen molar-refractivity contribution in [3.8, 4) is 0 Å². The average Bonchev–Trinajstić information content (AvgIpc) is 2.87. The fraction of sp³-hybridized carbons (Fsp3) is 0.556. The number of carbonyl (C=O) groups excluding carboxylic acids is 2. The molecular formula is C18H26N2O5S. The lowest BCUT2D eigenvalue weighted by atomic mass is 10.1. The molecule has 1 N–H and O–H groups in total. The van der Waals surface area contributed by atoms with Gasteiger partial charge in [-0.3, -0.25) is 9.10 Å². The summed E-state index contributed by atoms with van der Waals surface area (Å²) in [6.45, 7) is -0.285. The fourth-order valence-electron chi connectivity index (χ4n) is 3.11. The second-order valence-corrected chi connectivity index (χ2v) is 8.47. The Kier molecular flexibility index (Phi) is 7.02. The Morgan fingerprint density at radius 2 is 1.69 bits per heavy atom. The third kappa shape index (κ3) is 5.72. The van der Waals surface area contributed by atoms with E-state index in [9.17, 15) is 18.0 Å². The van der Waals surface area contributed by atoms with E-state index in [0.717, 1.165) is 36.2 Å². The largest absolute Gasteiger partial charge is 0.465 e. The summed E-state index contributed by atoms with van der Waals surface area (Å²) >= 11 is 0. The van der Waals surface area contributed by atoms with E-state index in [4.69, 9.17) is 0 Å². The van der Waals surface area contributed by atoms with Gasteiger partial charge in [-0.15, -0.1) is 0 Å². The zero-order chi connectivity index (χ0) is 19.2. The van der Waals surface area contributed by atoms with Gasteiger partial charge in [-0.25, -0.2) is 13.2 Å². The molecule has 26 heavy (non-hydrogen) atoms. The molecule has 1 amide bonds. The highest BCUT2D eigenvalue weighted by atomic mass is 32.2. The van der Waals surface area contributed by atoms with Crippen molar-refractivity contribution < 1.29 is 22.7 Å². The zero-order valence-corrected chi connectivity index (χ0v) is 16.0. The van der Waals surface area contributed by atoms with Crippen molar-refractivity contribution >= 4 is 27.6 Å². The summed E-state index contributed by atoms with van der Waals surface area (Å²) in [6, 6.07) is 6.04. The molecule has 1 fully saturated rings. The summed E-state index contributed by atoms with van der Waals surface area (Å²) in [5, 5.41) is 2.95. The van der Waals surface area contributed by atoms with Crippen molar-refractivity contribution in [3.05, 3.63) is 29.8 Å². The number of esters is 1. The number of benzene rings is 1. The maximum atomic E-state index is 12.4. The number of methoxy groups -OCH3 is 1. The van der Waals surface area contributed by atoms with Crippen molar-refractivity contribution in [1.82, 2.24) is 5.32 Å². The average molecular weight is 382 g/mol. The Balaban J connectivity index is 2.09. The number of nitrogens with zero attached hydrogens (tertiary/aromatic N) is 1. The summed E-state index contributed by atoms with van der Waals surface area (Å²) < 4.78 is 30.0. The quantitative estimate of drug-likeness (QED) is 0.601. The van der Waals surface area contributed by atoms with Crippen LogP contribution in [0.25, 0.3) is 0 Å². The predicted molar refractivity (Wildman–Crippen MR) is 99.6 cm³/mol. The molecule has 0 unspecified atom stereocenters. The first-order valence-corrected chi connectivity index (χ1v) is 10.6. The van der Waals surface area contributed by atoms with Crippen molar-refractivity contribution in [2.24, 2.45) is 0 Å². The number of rotatable bonds is 6. The van der Waals surface area contributed by atoms with Gasteiger partial charge in [0.2, 0.25) is 15.9 Å². The number of ether oxygens (including phenoxy) is 1. The second-order valence-electron chi connectivity index (χ2n) is 6.56. The van der Waals surface area contributed by atoms with Crippen LogP contribution in [0.4, 0.5) is 5.69 Å². The van der Waals surface area contributed by atoms with Crippen LogP contribution in [0.15, 0.2) is 24.3 Å². The Bertz CT molecular complexity index is 722. The van der Waals surface area contributed by atoms with Gasteiger partial charge in [0.15, 0.2) is 0 Å². The first kappa shape index (κ1) is 20.2. The van der Waals surface area contributed by atoms with Crippen molar-refractivity contribution in [2.45, 2.75) is 44.6 Å². The van der Waals surface area contributed by atoms with Gasteiger partial charge in [-0.05, 0) is 37.1 Å². The number of amides is 1. The molecule has 1 aromatic rings. The summed E-state index contributed by atoms with van der Waals surface area (Å²) in [7, 11) is -2.37. The minimum atomic E-state index is -3.64. The first-order chi connectivity index (χ1) is 12.3. The number of hydrogen-bond donors (Lipinski definition) is 1. The van der Waals surface area contributed by atoms with Crippen molar-refractivity contribution in [1.29, 1.82) is 0 Å². The molecule has 0 aromatic heterocycles. The molecule has 1 saturated carbocycles. The van der Waals surface area contributed by atoms with Gasteiger partial charge in [-0.1, -0.05) is 25.7 Å². The van der Waals surface area contributed by atoms with E-state index < -0.39 is 16.0 Å². The third-order valence-electron chi connectivity index (χ3n) is 4.48. The summed E-state index contributed by atoms with van der Waals surface area (Å²) in [5.41, 5.74) is 0.642. The molecule has 0 aliphatic heterocycles. The van der Waals surface area contributed by atoms with Crippen LogP contribution < -0.4 is 9.62 Å². The van der Waals surface area contributed by atoms with E-state index in [0.29, 0.717) is 11.3 Å². The lowest BCUT2D eigenvalue weighted by Gasteiger charge is -2.24. The van der Waals surface area contributed by atoms with Gasteiger partial charge >= 0.3 is 5.97 Å². The predicted octanol–water partition coefficient (Wildman–Crippen LogP) is 2.08. The summed E-state index contributed by atoms with van der Waals surface area (Å²) in [6.07, 6.45) is 7.42. The highest BCUT2D eigenvalue weighted by Gasteiger charge is 2.23. The van der Waals surface area contributed by atoms with Crippen LogP contribution in [0, 0.1) is 0 Å². The molecule has 0 heterocycles. The fourth-order valence-corrected chi connectivity index (χ4v) is 3.97. The second kappa shape index (κ2) is 9.02. The normalized spacial score (nSPS) is 15.8. The van der Waals surface area contributed by atoms with Crippen LogP contribution in [-0.2, 0) is 19.6 Å². The topological polar surface area (TPSA) is 92.8 Å². The van der Waals surface area contributed by atoms with Crippen LogP contribution in [0.1, 0.15) is 48.9 Å². The third-order valence-corrected chi connectivity index (χ3v) is 5.62. The number of nitrogens with one attached hydrogen (secondary N) is 1. The minimum Gasteiger partial charge on any atom is -0.465 e. The first-order valence-electron chi connectivity index (χ1n) is 8.76. The highest BCUT2D eigenvalue weighted by molar-refractivity contribution is 7.92. The highest BCUT2D eigenvalue weighted by Crippen LogP contribution is 2.20. The SMILES string of the molecule is COC(=O)c1ccc(N(CC(=O)NC2CCCCCC2)S(C)(=O)=O)cc1. The van der Waals surface area contributed by atoms with Crippen LogP contribution in [0.3, 0.4) is 0 Å². The van der Waals surface area contributed by atoms with Gasteiger partial charge in [0.1, 0.15) is 6.54 Å². The molecule has 7 nitrogen and oxygen atoms in total. The molecule has 0 bridgehead atoms. The maximum absolute atomic E-state index is 12.4. The molecule has 1 aliphatic carbocycles. The zero-order valence-electron chi connectivity index (χ0n) is 15.2. The van der Waals surface area contributed by atoms with Gasteiger partial charge in [0.25, 0.3) is 0 Å². The Labute approximate surface area is 154 Å². The Morgan fingerprint density at radius 3 is 2.19 bits per heavy atom. The lowest BCUT2D eigenvalue weighted by molar-refractivity contribution is -0.120. The van der Waals surface area contributed by atoms with E-state index in [1.54, 1.807) is 0 Å². The van der Waals surface area contributed by atoms with E-state index in [1.165, 1.54) is 44.2 Å². The lowest BCUT2D eigenvalue weighted by Crippen LogP contribution is -2.44. The molecule has 1 aromatic carbocycles. The molecule has 0 spiro atoms. The maximum Gasteiger partial charge on any atom is 0.337 e. The van der Waals surface area contributed by atoms with E-state index >= 15 is 0 Å². The smallest absolute Gasteiger partial charge is 0.337 e. The Morgan fingerprint density at radius 1 is 1.12 bits per heavy atom. The van der Waals surface area contributed by atoms with Gasteiger partial charge in [0.05, 0.1) is 24.6 Å². The van der Waals surface area contributed by atoms with Gasteiger partial charge < -0.3 is 10.1 Å². The number of sulfonamides is 1. The standard InChI is InChI=1S/C18H26N2O5S/c1-25-18(22)14-9-11-16(12-10-14)20(26(2,23)24)13-17(21)19-15-7-5-3-4-6-8-15/h9-12,15H,3-8,13H2,1-2H3,(H,19,21). The van der Waals surface area contributed by atoms with Crippen molar-refractivity contribution in [3.63, 3.8) is 0 Å². The van der Waals surface area contributed by atoms with Crippen LogP contribution >= 0.6 is 0 Å². The van der Waals surface area contributed by atoms with Gasteiger partial charge in [0, 0.05) is 6.04 Å².